The summed E-state index contributed by atoms with van der Waals surface area (Å²) in [7, 11) is 1.62. The lowest BCUT2D eigenvalue weighted by molar-refractivity contribution is 0.397. The smallest absolute Gasteiger partial charge is 0.277 e. The number of hydrogen-bond acceptors (Lipinski definition) is 10. The molecule has 0 aliphatic carbocycles. The highest BCUT2D eigenvalue weighted by Gasteiger charge is 2.12. The topological polar surface area (TPSA) is 118 Å². The van der Waals surface area contributed by atoms with Crippen molar-refractivity contribution in [1.82, 2.24) is 35.1 Å². The summed E-state index contributed by atoms with van der Waals surface area (Å²) in [5, 5.41) is 16.3. The molecule has 3 aromatic heterocycles. The van der Waals surface area contributed by atoms with Gasteiger partial charge < -0.3 is 13.7 Å². The van der Waals surface area contributed by atoms with Crippen molar-refractivity contribution in [2.24, 2.45) is 0 Å². The van der Waals surface area contributed by atoms with Gasteiger partial charge in [-0.25, -0.2) is 9.67 Å². The van der Waals surface area contributed by atoms with Crippen molar-refractivity contribution in [3.63, 3.8) is 0 Å². The molecular weight excluding hydrogens is 358 g/mol. The van der Waals surface area contributed by atoms with Crippen molar-refractivity contribution in [3.05, 3.63) is 48.6 Å². The lowest BCUT2D eigenvalue weighted by Crippen LogP contribution is -1.99. The van der Waals surface area contributed by atoms with Crippen LogP contribution >= 0.6 is 11.8 Å². The highest BCUT2D eigenvalue weighted by Crippen LogP contribution is 2.24. The zero-order valence-electron chi connectivity index (χ0n) is 13.6. The summed E-state index contributed by atoms with van der Waals surface area (Å²) in [4.78, 5) is 8.23. The van der Waals surface area contributed by atoms with Crippen LogP contribution in [0, 0.1) is 0 Å². The van der Waals surface area contributed by atoms with Crippen molar-refractivity contribution >= 4 is 11.8 Å². The van der Waals surface area contributed by atoms with Gasteiger partial charge in [-0.15, -0.1) is 10.2 Å². The Bertz CT molecular complexity index is 965. The van der Waals surface area contributed by atoms with Gasteiger partial charge in [0.2, 0.25) is 5.89 Å². The number of benzene rings is 1. The van der Waals surface area contributed by atoms with Crippen LogP contribution in [-0.2, 0) is 12.3 Å². The molecule has 4 aromatic rings. The maximum absolute atomic E-state index is 5.55. The molecule has 0 fully saturated rings. The Hall–Kier alpha value is -3.21. The molecule has 4 rings (SSSR count). The molecule has 3 heterocycles. The second-order valence-electron chi connectivity index (χ2n) is 5.09. The monoisotopic (exact) mass is 371 g/mol. The average Bonchev–Trinajstić information content (AvgIpc) is 3.43. The van der Waals surface area contributed by atoms with E-state index in [9.17, 15) is 0 Å². The minimum absolute atomic E-state index is 0.372. The van der Waals surface area contributed by atoms with Crippen LogP contribution < -0.4 is 4.74 Å². The van der Waals surface area contributed by atoms with E-state index in [1.165, 1.54) is 18.1 Å². The van der Waals surface area contributed by atoms with Gasteiger partial charge in [-0.05, 0) is 24.3 Å². The lowest BCUT2D eigenvalue weighted by Gasteiger charge is -1.98. The lowest BCUT2D eigenvalue weighted by atomic mass is 10.2. The first kappa shape index (κ1) is 16.3. The van der Waals surface area contributed by atoms with Crippen LogP contribution in [0.1, 0.15) is 11.7 Å². The Morgan fingerprint density at radius 3 is 2.85 bits per heavy atom. The Morgan fingerprint density at radius 1 is 1.19 bits per heavy atom. The van der Waals surface area contributed by atoms with Crippen LogP contribution in [-0.4, -0.2) is 42.2 Å². The number of aromatic nitrogens is 7. The van der Waals surface area contributed by atoms with Crippen LogP contribution in [0.15, 0.2) is 51.1 Å². The number of nitrogens with zero attached hydrogens (tertiary/aromatic N) is 7. The minimum atomic E-state index is 0.372. The molecule has 0 unspecified atom stereocenters. The van der Waals surface area contributed by atoms with Gasteiger partial charge in [0.1, 0.15) is 24.9 Å². The Balaban J connectivity index is 1.36. The molecule has 0 saturated carbocycles. The standard InChI is InChI=1S/C15H13N7O3S/c1-23-11-4-2-10(3-5-11)14-18-12(21-25-14)7-26-15-20-19-13(24-15)6-22-9-16-8-17-22/h2-5,8-9H,6-7H2,1H3. The van der Waals surface area contributed by atoms with E-state index in [2.05, 4.69) is 30.4 Å². The predicted octanol–water partition coefficient (Wildman–Crippen LogP) is 2.06. The first-order valence-corrected chi connectivity index (χ1v) is 8.53. The van der Waals surface area contributed by atoms with E-state index in [1.54, 1.807) is 18.1 Å². The molecule has 0 aliphatic rings. The van der Waals surface area contributed by atoms with E-state index in [1.807, 2.05) is 24.3 Å². The summed E-state index contributed by atoms with van der Waals surface area (Å²) < 4.78 is 17.6. The molecule has 10 nitrogen and oxygen atoms in total. The summed E-state index contributed by atoms with van der Waals surface area (Å²) in [6.45, 7) is 0.372. The normalized spacial score (nSPS) is 11.0. The van der Waals surface area contributed by atoms with Crippen molar-refractivity contribution in [2.75, 3.05) is 7.11 Å². The van der Waals surface area contributed by atoms with Gasteiger partial charge in [-0.2, -0.15) is 10.1 Å². The number of methoxy groups -OCH3 is 1. The zero-order valence-corrected chi connectivity index (χ0v) is 14.5. The van der Waals surface area contributed by atoms with Crippen LogP contribution in [0.4, 0.5) is 0 Å². The summed E-state index contributed by atoms with van der Waals surface area (Å²) in [6, 6.07) is 7.39. The summed E-state index contributed by atoms with van der Waals surface area (Å²) in [5.74, 6) is 2.65. The van der Waals surface area contributed by atoms with Crippen molar-refractivity contribution < 1.29 is 13.7 Å². The molecule has 0 amide bonds. The molecule has 11 heteroatoms. The van der Waals surface area contributed by atoms with E-state index < -0.39 is 0 Å². The van der Waals surface area contributed by atoms with E-state index in [4.69, 9.17) is 13.7 Å². The van der Waals surface area contributed by atoms with E-state index in [0.717, 1.165) is 11.3 Å². The summed E-state index contributed by atoms with van der Waals surface area (Å²) in [6.07, 6.45) is 3.03. The number of thioether (sulfide) groups is 1. The van der Waals surface area contributed by atoms with Crippen LogP contribution in [0.3, 0.4) is 0 Å². The fourth-order valence-electron chi connectivity index (χ4n) is 2.10. The van der Waals surface area contributed by atoms with Gasteiger partial charge in [0.05, 0.1) is 12.9 Å². The molecule has 132 valence electrons. The Kier molecular flexibility index (Phi) is 4.60. The second-order valence-corrected chi connectivity index (χ2v) is 6.01. The fraction of sp³-hybridized carbons (Fsp3) is 0.200. The fourth-order valence-corrected chi connectivity index (χ4v) is 2.73. The Labute approximate surface area is 151 Å². The number of ether oxygens (including phenoxy) is 1. The summed E-state index contributed by atoms with van der Waals surface area (Å²) >= 11 is 1.33. The Morgan fingerprint density at radius 2 is 2.08 bits per heavy atom. The molecule has 0 atom stereocenters. The molecular formula is C15H13N7O3S. The van der Waals surface area contributed by atoms with Gasteiger partial charge in [0.25, 0.3) is 11.1 Å². The van der Waals surface area contributed by atoms with Gasteiger partial charge in [0.15, 0.2) is 5.82 Å². The van der Waals surface area contributed by atoms with Crippen LogP contribution in [0.25, 0.3) is 11.5 Å². The molecule has 0 radical (unpaired) electrons. The van der Waals surface area contributed by atoms with Crippen LogP contribution in [0.2, 0.25) is 0 Å². The number of hydrogen-bond donors (Lipinski definition) is 0. The summed E-state index contributed by atoms with van der Waals surface area (Å²) in [5.41, 5.74) is 0.822. The van der Waals surface area contributed by atoms with E-state index >= 15 is 0 Å². The molecule has 26 heavy (non-hydrogen) atoms. The van der Waals surface area contributed by atoms with Gasteiger partial charge in [-0.3, -0.25) is 0 Å². The highest BCUT2D eigenvalue weighted by molar-refractivity contribution is 7.98. The maximum Gasteiger partial charge on any atom is 0.277 e. The first-order valence-electron chi connectivity index (χ1n) is 7.55. The third-order valence-corrected chi connectivity index (χ3v) is 4.16. The molecule has 0 bridgehead atoms. The molecule has 0 aliphatic heterocycles. The quantitative estimate of drug-likeness (QED) is 0.447. The molecule has 0 spiro atoms. The van der Waals surface area contributed by atoms with Crippen molar-refractivity contribution in [3.8, 4) is 17.2 Å². The van der Waals surface area contributed by atoms with Crippen LogP contribution in [0.5, 0.6) is 5.75 Å². The van der Waals surface area contributed by atoms with Crippen molar-refractivity contribution in [2.45, 2.75) is 17.5 Å². The van der Waals surface area contributed by atoms with Gasteiger partial charge in [0, 0.05) is 5.56 Å². The molecule has 1 aromatic carbocycles. The third-order valence-electron chi connectivity index (χ3n) is 3.34. The molecule has 0 N–H and O–H groups in total. The molecule has 0 saturated heterocycles. The predicted molar refractivity (Wildman–Crippen MR) is 89.3 cm³/mol. The van der Waals surface area contributed by atoms with Crippen molar-refractivity contribution in [1.29, 1.82) is 0 Å². The second kappa shape index (κ2) is 7.35. The van der Waals surface area contributed by atoms with Gasteiger partial charge in [-0.1, -0.05) is 16.9 Å². The SMILES string of the molecule is COc1ccc(-c2nc(CSc3nnc(Cn4cncn4)o3)no2)cc1. The highest BCUT2D eigenvalue weighted by atomic mass is 32.2. The van der Waals surface area contributed by atoms with E-state index in [-0.39, 0.29) is 0 Å². The number of rotatable bonds is 7. The maximum atomic E-state index is 5.55. The largest absolute Gasteiger partial charge is 0.497 e. The minimum Gasteiger partial charge on any atom is -0.497 e. The average molecular weight is 371 g/mol. The third kappa shape index (κ3) is 3.72. The first-order chi connectivity index (χ1) is 12.8. The van der Waals surface area contributed by atoms with E-state index in [0.29, 0.717) is 35.1 Å². The zero-order chi connectivity index (χ0) is 17.8. The van der Waals surface area contributed by atoms with Gasteiger partial charge >= 0.3 is 0 Å².